The molecule has 1 fully saturated rings. The van der Waals surface area contributed by atoms with Gasteiger partial charge in [0.05, 0.1) is 12.7 Å². The molecule has 0 saturated heterocycles. The average Bonchev–Trinajstić information content (AvgIpc) is 2.74. The van der Waals surface area contributed by atoms with Gasteiger partial charge in [0, 0.05) is 5.92 Å². The van der Waals surface area contributed by atoms with Crippen LogP contribution in [0.3, 0.4) is 0 Å². The van der Waals surface area contributed by atoms with Gasteiger partial charge in [-0.2, -0.15) is 0 Å². The van der Waals surface area contributed by atoms with Crippen molar-refractivity contribution in [3.63, 3.8) is 0 Å². The molecule has 5 unspecified atom stereocenters. The van der Waals surface area contributed by atoms with Crippen molar-refractivity contribution in [2.45, 2.75) is 72.5 Å². The first-order valence-corrected chi connectivity index (χ1v) is 11.8. The van der Waals surface area contributed by atoms with Gasteiger partial charge in [-0.25, -0.2) is 4.39 Å². The molecule has 1 saturated carbocycles. The van der Waals surface area contributed by atoms with Gasteiger partial charge in [0.2, 0.25) is 0 Å². The number of hydrogen-bond donors (Lipinski definition) is 0. The maximum absolute atomic E-state index is 13.7. The van der Waals surface area contributed by atoms with E-state index in [1.165, 1.54) is 30.4 Å². The number of rotatable bonds is 8. The van der Waals surface area contributed by atoms with Gasteiger partial charge in [-0.3, -0.25) is 0 Å². The Hall–Kier alpha value is -1.67. The summed E-state index contributed by atoms with van der Waals surface area (Å²) in [6.45, 7) is 12.4. The van der Waals surface area contributed by atoms with E-state index in [0.29, 0.717) is 24.4 Å². The molecule has 2 heteroatoms. The minimum atomic E-state index is -0.172. The van der Waals surface area contributed by atoms with Crippen molar-refractivity contribution < 1.29 is 9.13 Å². The molecule has 0 N–H and O–H groups in total. The number of halogens is 1. The summed E-state index contributed by atoms with van der Waals surface area (Å²) in [6.07, 6.45) is 4.01. The van der Waals surface area contributed by atoms with E-state index in [4.69, 9.17) is 4.74 Å². The Bertz CT molecular complexity index is 754. The van der Waals surface area contributed by atoms with Crippen LogP contribution in [0.25, 0.3) is 0 Å². The lowest BCUT2D eigenvalue weighted by atomic mass is 9.62. The van der Waals surface area contributed by atoms with E-state index >= 15 is 0 Å². The first kappa shape index (κ1) is 23.0. The molecule has 30 heavy (non-hydrogen) atoms. The van der Waals surface area contributed by atoms with Crippen LogP contribution >= 0.6 is 0 Å². The van der Waals surface area contributed by atoms with Crippen LogP contribution < -0.4 is 0 Å². The van der Waals surface area contributed by atoms with Gasteiger partial charge in [0.1, 0.15) is 5.82 Å². The second-order valence-electron chi connectivity index (χ2n) is 9.93. The van der Waals surface area contributed by atoms with Gasteiger partial charge in [0.15, 0.2) is 0 Å². The topological polar surface area (TPSA) is 9.23 Å². The normalized spacial score (nSPS) is 25.1. The zero-order valence-electron chi connectivity index (χ0n) is 19.4. The highest BCUT2D eigenvalue weighted by Gasteiger charge is 2.39. The molecule has 0 amide bonds. The molecule has 0 spiro atoms. The van der Waals surface area contributed by atoms with E-state index in [0.717, 1.165) is 11.8 Å². The molecule has 3 rings (SSSR count). The van der Waals surface area contributed by atoms with E-state index in [1.807, 2.05) is 18.2 Å². The van der Waals surface area contributed by atoms with Crippen LogP contribution in [-0.2, 0) is 11.3 Å². The molecular weight excluding hydrogens is 371 g/mol. The SMILES string of the molecule is CC1CCC(C(C)C)C(C(C)C(c2ccc(F)cc2)[C@H](C)OCc2ccccc2)C1. The van der Waals surface area contributed by atoms with Crippen molar-refractivity contribution in [3.05, 3.63) is 71.5 Å². The molecule has 0 aliphatic heterocycles. The Morgan fingerprint density at radius 3 is 2.20 bits per heavy atom. The molecule has 0 radical (unpaired) electrons. The Kier molecular flexibility index (Phi) is 8.11. The highest BCUT2D eigenvalue weighted by molar-refractivity contribution is 5.23. The summed E-state index contributed by atoms with van der Waals surface area (Å²) < 4.78 is 20.1. The quantitative estimate of drug-likeness (QED) is 0.430. The molecule has 0 aromatic heterocycles. The number of ether oxygens (including phenoxy) is 1. The molecule has 164 valence electrons. The third-order valence-corrected chi connectivity index (χ3v) is 7.43. The molecule has 0 heterocycles. The van der Waals surface area contributed by atoms with Gasteiger partial charge < -0.3 is 4.74 Å². The Morgan fingerprint density at radius 2 is 1.57 bits per heavy atom. The fourth-order valence-corrected chi connectivity index (χ4v) is 5.74. The second kappa shape index (κ2) is 10.6. The average molecular weight is 411 g/mol. The van der Waals surface area contributed by atoms with Crippen LogP contribution in [0.15, 0.2) is 54.6 Å². The Morgan fingerprint density at radius 1 is 0.900 bits per heavy atom. The third-order valence-electron chi connectivity index (χ3n) is 7.43. The fourth-order valence-electron chi connectivity index (χ4n) is 5.74. The lowest BCUT2D eigenvalue weighted by Gasteiger charge is -2.44. The first-order chi connectivity index (χ1) is 14.4. The van der Waals surface area contributed by atoms with Crippen molar-refractivity contribution in [1.29, 1.82) is 0 Å². The summed E-state index contributed by atoms with van der Waals surface area (Å²) in [4.78, 5) is 0. The van der Waals surface area contributed by atoms with E-state index in [9.17, 15) is 4.39 Å². The highest BCUT2D eigenvalue weighted by atomic mass is 19.1. The summed E-state index contributed by atoms with van der Waals surface area (Å²) >= 11 is 0. The maximum Gasteiger partial charge on any atom is 0.123 e. The van der Waals surface area contributed by atoms with E-state index in [1.54, 1.807) is 12.1 Å². The first-order valence-electron chi connectivity index (χ1n) is 11.8. The highest BCUT2D eigenvalue weighted by Crippen LogP contribution is 2.47. The van der Waals surface area contributed by atoms with Crippen LogP contribution in [0.5, 0.6) is 0 Å². The molecule has 2 aromatic rings. The number of benzene rings is 2. The largest absolute Gasteiger partial charge is 0.373 e. The Labute approximate surface area is 183 Å². The van der Waals surface area contributed by atoms with Crippen LogP contribution in [0.1, 0.15) is 70.9 Å². The van der Waals surface area contributed by atoms with Crippen LogP contribution in [0.4, 0.5) is 4.39 Å². The zero-order chi connectivity index (χ0) is 21.7. The standard InChI is InChI=1S/C28H39FO/c1-19(2)26-16-11-20(3)17-27(26)21(4)28(24-12-14-25(29)15-13-24)22(5)30-18-23-9-7-6-8-10-23/h6-10,12-15,19-22,26-28H,11,16-18H2,1-5H3/t20?,21?,22-,26?,27?,28?/m0/s1. The minimum absolute atomic E-state index is 0.0655. The molecule has 0 bridgehead atoms. The molecule has 1 aliphatic carbocycles. The summed E-state index contributed by atoms with van der Waals surface area (Å²) in [7, 11) is 0. The number of hydrogen-bond acceptors (Lipinski definition) is 1. The summed E-state index contributed by atoms with van der Waals surface area (Å²) in [5, 5.41) is 0. The third kappa shape index (κ3) is 5.72. The maximum atomic E-state index is 13.7. The van der Waals surface area contributed by atoms with Crippen molar-refractivity contribution in [2.24, 2.45) is 29.6 Å². The lowest BCUT2D eigenvalue weighted by molar-refractivity contribution is -0.00371. The van der Waals surface area contributed by atoms with E-state index in [2.05, 4.69) is 58.9 Å². The molecule has 1 nitrogen and oxygen atoms in total. The van der Waals surface area contributed by atoms with Gasteiger partial charge in [-0.05, 0) is 72.6 Å². The van der Waals surface area contributed by atoms with E-state index < -0.39 is 0 Å². The van der Waals surface area contributed by atoms with Gasteiger partial charge in [-0.1, -0.05) is 76.6 Å². The molecule has 1 aliphatic rings. The second-order valence-corrected chi connectivity index (χ2v) is 9.93. The molecular formula is C28H39FO. The van der Waals surface area contributed by atoms with Crippen molar-refractivity contribution >= 4 is 0 Å². The van der Waals surface area contributed by atoms with Crippen molar-refractivity contribution in [3.8, 4) is 0 Å². The van der Waals surface area contributed by atoms with Crippen molar-refractivity contribution in [1.82, 2.24) is 0 Å². The minimum Gasteiger partial charge on any atom is -0.373 e. The van der Waals surface area contributed by atoms with E-state index in [-0.39, 0.29) is 17.8 Å². The van der Waals surface area contributed by atoms with Gasteiger partial charge in [-0.15, -0.1) is 0 Å². The Balaban J connectivity index is 1.84. The monoisotopic (exact) mass is 410 g/mol. The van der Waals surface area contributed by atoms with Gasteiger partial charge >= 0.3 is 0 Å². The summed E-state index contributed by atoms with van der Waals surface area (Å²) in [5.41, 5.74) is 2.39. The van der Waals surface area contributed by atoms with Crippen LogP contribution in [-0.4, -0.2) is 6.10 Å². The van der Waals surface area contributed by atoms with Crippen molar-refractivity contribution in [2.75, 3.05) is 0 Å². The van der Waals surface area contributed by atoms with Crippen LogP contribution in [0, 0.1) is 35.4 Å². The smallest absolute Gasteiger partial charge is 0.123 e. The van der Waals surface area contributed by atoms with Crippen LogP contribution in [0.2, 0.25) is 0 Å². The summed E-state index contributed by atoms with van der Waals surface area (Å²) in [6, 6.07) is 17.5. The molecule has 6 atom stereocenters. The van der Waals surface area contributed by atoms with Gasteiger partial charge in [0.25, 0.3) is 0 Å². The predicted octanol–water partition coefficient (Wildman–Crippen LogP) is 7.86. The fraction of sp³-hybridized carbons (Fsp3) is 0.571. The zero-order valence-corrected chi connectivity index (χ0v) is 19.4. The summed E-state index contributed by atoms with van der Waals surface area (Å²) in [5.74, 6) is 3.46. The lowest BCUT2D eigenvalue weighted by Crippen LogP contribution is -2.37. The molecule has 2 aromatic carbocycles. The predicted molar refractivity (Wildman–Crippen MR) is 124 cm³/mol.